The molecule has 2 aromatic rings. The van der Waals surface area contributed by atoms with Crippen molar-refractivity contribution in [3.05, 3.63) is 41.7 Å². The zero-order valence-electron chi connectivity index (χ0n) is 16.3. The molecule has 0 amide bonds. The highest BCUT2D eigenvalue weighted by molar-refractivity contribution is 7.84. The van der Waals surface area contributed by atoms with Gasteiger partial charge in [0.25, 0.3) is 5.92 Å². The first-order valence-electron chi connectivity index (χ1n) is 9.64. The minimum atomic E-state index is -4.09. The maximum atomic E-state index is 14.5. The van der Waals surface area contributed by atoms with Gasteiger partial charge in [0, 0.05) is 18.4 Å². The van der Waals surface area contributed by atoms with Crippen LogP contribution in [0.3, 0.4) is 0 Å². The van der Waals surface area contributed by atoms with E-state index in [1.54, 1.807) is 24.3 Å². The van der Waals surface area contributed by atoms with E-state index >= 15 is 0 Å². The van der Waals surface area contributed by atoms with Gasteiger partial charge in [-0.3, -0.25) is 4.18 Å². The summed E-state index contributed by atoms with van der Waals surface area (Å²) in [5.41, 5.74) is 1.07. The summed E-state index contributed by atoms with van der Waals surface area (Å²) in [4.78, 5) is 12.1. The van der Waals surface area contributed by atoms with Crippen LogP contribution in [0.2, 0.25) is 0 Å². The smallest absolute Gasteiger partial charge is 0.333 e. The second-order valence-electron chi connectivity index (χ2n) is 7.76. The SMILES string of the molecule is NS(=O)(=O)OC[C@@H]1C[C@@H](Nc2ncnc(N[C@@H]3c4ccccc4CC3(F)F)n2)C[C@@H]1O. The normalized spacial score (nSPS) is 27.1. The average Bonchev–Trinajstić information content (AvgIpc) is 3.15. The van der Waals surface area contributed by atoms with Crippen molar-refractivity contribution in [2.45, 2.75) is 43.4 Å². The summed E-state index contributed by atoms with van der Waals surface area (Å²) in [6.07, 6.45) is 0.732. The van der Waals surface area contributed by atoms with Crippen LogP contribution in [0.1, 0.15) is 30.0 Å². The molecule has 2 aliphatic rings. The molecule has 0 saturated heterocycles. The van der Waals surface area contributed by atoms with E-state index in [0.29, 0.717) is 24.0 Å². The molecule has 1 heterocycles. The van der Waals surface area contributed by atoms with Gasteiger partial charge in [-0.1, -0.05) is 24.3 Å². The third kappa shape index (κ3) is 5.06. The fourth-order valence-electron chi connectivity index (χ4n) is 4.07. The van der Waals surface area contributed by atoms with Crippen molar-refractivity contribution in [1.82, 2.24) is 15.0 Å². The molecule has 0 bridgehead atoms. The monoisotopic (exact) mass is 456 g/mol. The van der Waals surface area contributed by atoms with Crippen LogP contribution in [0.25, 0.3) is 0 Å². The zero-order valence-corrected chi connectivity index (χ0v) is 17.1. The molecular weight excluding hydrogens is 434 g/mol. The van der Waals surface area contributed by atoms with Crippen molar-refractivity contribution < 1.29 is 26.5 Å². The molecule has 0 unspecified atom stereocenters. The van der Waals surface area contributed by atoms with E-state index in [-0.39, 0.29) is 31.0 Å². The Morgan fingerprint density at radius 1 is 1.19 bits per heavy atom. The third-order valence-corrected chi connectivity index (χ3v) is 5.96. The number of benzene rings is 1. The van der Waals surface area contributed by atoms with Gasteiger partial charge < -0.3 is 15.7 Å². The van der Waals surface area contributed by atoms with Gasteiger partial charge in [-0.15, -0.1) is 0 Å². The molecule has 4 atom stereocenters. The minimum absolute atomic E-state index is 0.00784. The number of aromatic nitrogens is 3. The van der Waals surface area contributed by atoms with Crippen molar-refractivity contribution in [3.63, 3.8) is 0 Å². The second-order valence-corrected chi connectivity index (χ2v) is 8.99. The van der Waals surface area contributed by atoms with Crippen molar-refractivity contribution in [2.75, 3.05) is 17.2 Å². The van der Waals surface area contributed by atoms with Crippen LogP contribution in [0.15, 0.2) is 30.6 Å². The number of halogens is 2. The van der Waals surface area contributed by atoms with Crippen molar-refractivity contribution in [1.29, 1.82) is 0 Å². The largest absolute Gasteiger partial charge is 0.393 e. The van der Waals surface area contributed by atoms with Gasteiger partial charge in [0.2, 0.25) is 11.9 Å². The lowest BCUT2D eigenvalue weighted by molar-refractivity contribution is -0.00729. The summed E-state index contributed by atoms with van der Waals surface area (Å²) in [5, 5.41) is 20.7. The molecule has 5 N–H and O–H groups in total. The third-order valence-electron chi connectivity index (χ3n) is 5.50. The quantitative estimate of drug-likeness (QED) is 0.478. The predicted octanol–water partition coefficient (Wildman–Crippen LogP) is 0.988. The Kier molecular flexibility index (Phi) is 5.77. The second kappa shape index (κ2) is 8.22. The van der Waals surface area contributed by atoms with Gasteiger partial charge in [-0.05, 0) is 24.0 Å². The van der Waals surface area contributed by atoms with Crippen LogP contribution >= 0.6 is 0 Å². The van der Waals surface area contributed by atoms with Crippen LogP contribution in [0, 0.1) is 5.92 Å². The van der Waals surface area contributed by atoms with E-state index in [2.05, 4.69) is 29.8 Å². The maximum Gasteiger partial charge on any atom is 0.333 e. The fraction of sp³-hybridized carbons (Fsp3) is 0.500. The highest BCUT2D eigenvalue weighted by atomic mass is 32.2. The van der Waals surface area contributed by atoms with E-state index in [9.17, 15) is 22.3 Å². The number of hydrogen-bond acceptors (Lipinski definition) is 9. The average molecular weight is 456 g/mol. The summed E-state index contributed by atoms with van der Waals surface area (Å²) in [7, 11) is -4.09. The Bertz CT molecular complexity index is 1060. The zero-order chi connectivity index (χ0) is 22.2. The lowest BCUT2D eigenvalue weighted by Gasteiger charge is -2.21. The molecule has 10 nitrogen and oxygen atoms in total. The Morgan fingerprint density at radius 2 is 1.90 bits per heavy atom. The van der Waals surface area contributed by atoms with Gasteiger partial charge in [0.05, 0.1) is 12.7 Å². The number of nitrogens with two attached hydrogens (primary N) is 1. The van der Waals surface area contributed by atoms with E-state index in [0.717, 1.165) is 0 Å². The first-order chi connectivity index (χ1) is 14.6. The van der Waals surface area contributed by atoms with Crippen molar-refractivity contribution >= 4 is 22.2 Å². The van der Waals surface area contributed by atoms with Crippen LogP contribution in [-0.4, -0.2) is 53.2 Å². The molecule has 4 rings (SSSR count). The van der Waals surface area contributed by atoms with Crippen molar-refractivity contribution in [2.24, 2.45) is 11.1 Å². The van der Waals surface area contributed by atoms with E-state index in [4.69, 9.17) is 5.14 Å². The highest BCUT2D eigenvalue weighted by Crippen LogP contribution is 2.44. The lowest BCUT2D eigenvalue weighted by atomic mass is 10.1. The van der Waals surface area contributed by atoms with E-state index in [1.165, 1.54) is 6.33 Å². The summed E-state index contributed by atoms with van der Waals surface area (Å²) < 4.78 is 55.5. The molecule has 1 aromatic heterocycles. The number of nitrogens with zero attached hydrogens (tertiary/aromatic N) is 3. The van der Waals surface area contributed by atoms with Gasteiger partial charge in [0.15, 0.2) is 0 Å². The number of anilines is 2. The Labute approximate surface area is 177 Å². The van der Waals surface area contributed by atoms with Crippen LogP contribution in [-0.2, 0) is 20.9 Å². The van der Waals surface area contributed by atoms with Gasteiger partial charge in [-0.25, -0.2) is 23.9 Å². The Hall–Kier alpha value is -2.48. The Morgan fingerprint density at radius 3 is 2.65 bits per heavy atom. The van der Waals surface area contributed by atoms with Crippen LogP contribution in [0.5, 0.6) is 0 Å². The summed E-state index contributed by atoms with van der Waals surface area (Å²) in [6, 6.07) is 5.22. The number of alkyl halides is 2. The number of hydrogen-bond donors (Lipinski definition) is 4. The highest BCUT2D eigenvalue weighted by Gasteiger charge is 2.47. The summed E-state index contributed by atoms with van der Waals surface area (Å²) in [6.45, 7) is -0.238. The van der Waals surface area contributed by atoms with Crippen LogP contribution < -0.4 is 15.8 Å². The molecule has 1 fully saturated rings. The summed E-state index contributed by atoms with van der Waals surface area (Å²) >= 11 is 0. The number of aliphatic hydroxyl groups is 1. The molecule has 1 saturated carbocycles. The molecule has 168 valence electrons. The number of rotatable bonds is 7. The van der Waals surface area contributed by atoms with E-state index < -0.39 is 34.3 Å². The van der Waals surface area contributed by atoms with Crippen LogP contribution in [0.4, 0.5) is 20.7 Å². The topological polar surface area (TPSA) is 152 Å². The molecule has 13 heteroatoms. The molecule has 1 aromatic carbocycles. The first kappa shape index (κ1) is 21.7. The van der Waals surface area contributed by atoms with Crippen molar-refractivity contribution in [3.8, 4) is 0 Å². The number of nitrogens with one attached hydrogen (secondary N) is 2. The molecular formula is C18H22F2N6O4S. The first-order valence-corrected chi connectivity index (χ1v) is 11.1. The van der Waals surface area contributed by atoms with Gasteiger partial charge in [-0.2, -0.15) is 13.4 Å². The van der Waals surface area contributed by atoms with E-state index in [1.807, 2.05) is 0 Å². The Balaban J connectivity index is 1.41. The molecule has 2 aliphatic carbocycles. The standard InChI is InChI=1S/C18H22F2N6O4S/c19-18(20)7-10-3-1-2-4-13(10)15(18)25-17-23-9-22-16(26-17)24-12-5-11(14(27)6-12)8-30-31(21,28)29/h1-4,9,11-12,14-15,27H,5-8H2,(H2,21,28,29)(H2,22,23,24,25,26)/t11-,12+,14-,15+/m0/s1. The fourth-order valence-corrected chi connectivity index (χ4v) is 4.44. The molecule has 0 aliphatic heterocycles. The van der Waals surface area contributed by atoms with Gasteiger partial charge >= 0.3 is 10.3 Å². The molecule has 0 radical (unpaired) electrons. The maximum absolute atomic E-state index is 14.5. The minimum Gasteiger partial charge on any atom is -0.393 e. The number of fused-ring (bicyclic) bond motifs is 1. The molecule has 0 spiro atoms. The molecule has 31 heavy (non-hydrogen) atoms. The summed E-state index contributed by atoms with van der Waals surface area (Å²) in [5.74, 6) is -3.29. The number of aliphatic hydroxyl groups excluding tert-OH is 1. The predicted molar refractivity (Wildman–Crippen MR) is 106 cm³/mol. The van der Waals surface area contributed by atoms with Gasteiger partial charge in [0.1, 0.15) is 12.4 Å². The lowest BCUT2D eigenvalue weighted by Crippen LogP contribution is -2.29.